The van der Waals surface area contributed by atoms with Gasteiger partial charge >= 0.3 is 0 Å². The minimum Gasteiger partial charge on any atom is -0.264 e. The molecule has 0 saturated heterocycles. The van der Waals surface area contributed by atoms with Gasteiger partial charge in [0.05, 0.1) is 22.8 Å². The molecule has 0 atom stereocenters. The standard InChI is InChI=1S/C55H35N3.C51H33N3/c1-3-13-45-42(10-1)32-51(49-17-7-5-15-47(45)49)37-21-27-40(28-22-37)54-34-53(39-25-19-36(20-26-39)44-12-9-31-56-35-44)57-55(58-54)41-29-23-38(24-30-41)52-33-43-11-2-4-14-46(43)48-16-6-8-18-50(48)52;1-2-12-34(13-3-1)37-16-10-18-40(28-37)50-31-49(36-26-24-35(25-27-36)48-33-52-32-42-15-5-7-21-44(42)48)53-51(54-50)41-19-11-17-38(29-41)47-30-39-14-4-6-20-43(39)45-22-8-9-23-46(45)47/h1-35H;1-33H. The lowest BCUT2D eigenvalue weighted by Crippen LogP contribution is -1.96. The van der Waals surface area contributed by atoms with Gasteiger partial charge in [-0.3, -0.25) is 9.97 Å². The molecule has 0 spiro atoms. The number of hydrogen-bond acceptors (Lipinski definition) is 6. The maximum Gasteiger partial charge on any atom is 0.160 e. The molecule has 0 aliphatic heterocycles. The van der Waals surface area contributed by atoms with Crippen LogP contribution in [0.1, 0.15) is 0 Å². The number of hydrogen-bond donors (Lipinski definition) is 0. The summed E-state index contributed by atoms with van der Waals surface area (Å²) in [6.07, 6.45) is 7.56. The Morgan fingerprint density at radius 3 is 0.964 bits per heavy atom. The molecule has 0 N–H and O–H groups in total. The number of fused-ring (bicyclic) bond motifs is 10. The molecule has 0 saturated carbocycles. The van der Waals surface area contributed by atoms with Crippen molar-refractivity contribution in [3.05, 3.63) is 413 Å². The summed E-state index contributed by atoms with van der Waals surface area (Å²) in [5.41, 5.74) is 23.3. The van der Waals surface area contributed by atoms with Crippen molar-refractivity contribution in [2.75, 3.05) is 0 Å². The molecule has 4 heterocycles. The molecule has 0 radical (unpaired) electrons. The van der Waals surface area contributed by atoms with Crippen molar-refractivity contribution in [2.45, 2.75) is 0 Å². The van der Waals surface area contributed by atoms with Crippen molar-refractivity contribution in [3.63, 3.8) is 0 Å². The minimum absolute atomic E-state index is 0.682. The first-order valence-electron chi connectivity index (χ1n) is 37.9. The summed E-state index contributed by atoms with van der Waals surface area (Å²) in [6, 6.07) is 138. The first-order valence-corrected chi connectivity index (χ1v) is 37.9. The molecule has 0 amide bonds. The van der Waals surface area contributed by atoms with Gasteiger partial charge in [0.1, 0.15) is 0 Å². The fourth-order valence-corrected chi connectivity index (χ4v) is 16.1. The fraction of sp³-hybridized carbons (Fsp3) is 0. The maximum absolute atomic E-state index is 5.26. The Hall–Kier alpha value is -15.0. The van der Waals surface area contributed by atoms with Crippen LogP contribution in [0, 0.1) is 0 Å². The van der Waals surface area contributed by atoms with Crippen molar-refractivity contribution < 1.29 is 0 Å². The third-order valence-electron chi connectivity index (χ3n) is 21.7. The highest BCUT2D eigenvalue weighted by Crippen LogP contribution is 2.42. The molecule has 4 aromatic heterocycles. The number of pyridine rings is 2. The van der Waals surface area contributed by atoms with E-state index in [1.165, 1.54) is 97.8 Å². The van der Waals surface area contributed by atoms with E-state index in [9.17, 15) is 0 Å². The van der Waals surface area contributed by atoms with E-state index in [2.05, 4.69) is 386 Å². The third kappa shape index (κ3) is 12.8. The van der Waals surface area contributed by atoms with Gasteiger partial charge in [-0.05, 0) is 180 Å². The minimum atomic E-state index is 0.682. The number of nitrogens with zero attached hydrogens (tertiary/aromatic N) is 6. The second-order valence-electron chi connectivity index (χ2n) is 28.5. The van der Waals surface area contributed by atoms with Crippen LogP contribution < -0.4 is 0 Å². The van der Waals surface area contributed by atoms with Crippen molar-refractivity contribution in [3.8, 4) is 135 Å². The largest absolute Gasteiger partial charge is 0.264 e. The topological polar surface area (TPSA) is 77.3 Å². The van der Waals surface area contributed by atoms with E-state index in [-0.39, 0.29) is 0 Å². The lowest BCUT2D eigenvalue weighted by molar-refractivity contribution is 1.18. The van der Waals surface area contributed by atoms with Crippen LogP contribution in [-0.2, 0) is 0 Å². The molecule has 0 aliphatic carbocycles. The molecule has 6 nitrogen and oxygen atoms in total. The zero-order chi connectivity index (χ0) is 74.3. The third-order valence-corrected chi connectivity index (χ3v) is 21.7. The molecule has 0 bridgehead atoms. The number of aromatic nitrogens is 6. The highest BCUT2D eigenvalue weighted by molar-refractivity contribution is 6.16. The smallest absolute Gasteiger partial charge is 0.160 e. The van der Waals surface area contributed by atoms with Crippen LogP contribution in [0.25, 0.3) is 210 Å². The van der Waals surface area contributed by atoms with Crippen LogP contribution in [0.5, 0.6) is 0 Å². The van der Waals surface area contributed by atoms with Crippen molar-refractivity contribution in [1.82, 2.24) is 29.9 Å². The van der Waals surface area contributed by atoms with Gasteiger partial charge in [0.15, 0.2) is 11.6 Å². The van der Waals surface area contributed by atoms with Crippen molar-refractivity contribution in [2.24, 2.45) is 0 Å². The van der Waals surface area contributed by atoms with Crippen LogP contribution in [0.4, 0.5) is 0 Å². The van der Waals surface area contributed by atoms with Gasteiger partial charge in [0.2, 0.25) is 0 Å². The van der Waals surface area contributed by atoms with Gasteiger partial charge in [-0.25, -0.2) is 19.9 Å². The van der Waals surface area contributed by atoms with E-state index in [1.807, 2.05) is 30.7 Å². The molecule has 0 fully saturated rings. The molecule has 0 unspecified atom stereocenters. The molecule has 21 rings (SSSR count). The van der Waals surface area contributed by atoms with Crippen LogP contribution in [0.3, 0.4) is 0 Å². The van der Waals surface area contributed by atoms with Crippen LogP contribution in [-0.4, -0.2) is 29.9 Å². The predicted octanol–water partition coefficient (Wildman–Crippen LogP) is 27.8. The zero-order valence-electron chi connectivity index (χ0n) is 60.9. The quantitative estimate of drug-likeness (QED) is 0.113. The summed E-state index contributed by atoms with van der Waals surface area (Å²) < 4.78 is 0. The average Bonchev–Trinajstić information content (AvgIpc) is 0.770. The van der Waals surface area contributed by atoms with E-state index in [4.69, 9.17) is 19.9 Å². The average molecular weight is 1430 g/mol. The Morgan fingerprint density at radius 2 is 0.473 bits per heavy atom. The molecule has 112 heavy (non-hydrogen) atoms. The molecular weight excluding hydrogens is 1360 g/mol. The van der Waals surface area contributed by atoms with E-state index >= 15 is 0 Å². The van der Waals surface area contributed by atoms with Gasteiger partial charge < -0.3 is 0 Å². The number of rotatable bonds is 12. The highest BCUT2D eigenvalue weighted by atomic mass is 14.9. The van der Waals surface area contributed by atoms with Crippen LogP contribution >= 0.6 is 0 Å². The monoisotopic (exact) mass is 1420 g/mol. The van der Waals surface area contributed by atoms with E-state index in [0.29, 0.717) is 11.6 Å². The summed E-state index contributed by atoms with van der Waals surface area (Å²) in [5.74, 6) is 1.37. The lowest BCUT2D eigenvalue weighted by atomic mass is 9.92. The second kappa shape index (κ2) is 29.0. The Labute approximate surface area is 648 Å². The normalized spacial score (nSPS) is 11.4. The second-order valence-corrected chi connectivity index (χ2v) is 28.5. The summed E-state index contributed by atoms with van der Waals surface area (Å²) in [7, 11) is 0. The number of benzene rings is 17. The van der Waals surface area contributed by atoms with Gasteiger partial charge in [-0.15, -0.1) is 0 Å². The van der Waals surface area contributed by atoms with E-state index in [1.54, 1.807) is 6.20 Å². The maximum atomic E-state index is 5.26. The van der Waals surface area contributed by atoms with Crippen LogP contribution in [0.15, 0.2) is 413 Å². The molecule has 17 aromatic carbocycles. The fourth-order valence-electron chi connectivity index (χ4n) is 16.1. The SMILES string of the molecule is c1ccc(-c2cccc(-c3cc(-c4ccc(-c5cncc6ccccc56)cc4)nc(-c4cccc(-c5cc6ccccc6c6ccccc56)c4)n3)c2)cc1.c1cncc(-c2ccc(-c3cc(-c4ccc(-c5cc6ccccc6c6ccccc56)cc4)nc(-c4ccc(-c5cc6ccccc6c6ccccc56)cc4)n3)cc2)c1. The Kier molecular flexibility index (Phi) is 17.2. The predicted molar refractivity (Wildman–Crippen MR) is 467 cm³/mol. The summed E-state index contributed by atoms with van der Waals surface area (Å²) in [4.78, 5) is 29.8. The van der Waals surface area contributed by atoms with Crippen molar-refractivity contribution >= 4 is 75.4 Å². The summed E-state index contributed by atoms with van der Waals surface area (Å²) >= 11 is 0. The Balaban J connectivity index is 0.000000146. The van der Waals surface area contributed by atoms with Gasteiger partial charge in [-0.1, -0.05) is 340 Å². The summed E-state index contributed by atoms with van der Waals surface area (Å²) in [5, 5.41) is 17.3. The zero-order valence-corrected chi connectivity index (χ0v) is 60.9. The molecule has 21 aromatic rings. The molecule has 522 valence electrons. The lowest BCUT2D eigenvalue weighted by Gasteiger charge is -2.13. The van der Waals surface area contributed by atoms with E-state index in [0.717, 1.165) is 100 Å². The highest BCUT2D eigenvalue weighted by Gasteiger charge is 2.19. The Bertz CT molecular complexity index is 6960. The molecule has 0 aliphatic rings. The van der Waals surface area contributed by atoms with Gasteiger partial charge in [-0.2, -0.15) is 0 Å². The molecule has 6 heteroatoms. The van der Waals surface area contributed by atoms with Gasteiger partial charge in [0.25, 0.3) is 0 Å². The van der Waals surface area contributed by atoms with Gasteiger partial charge in [0, 0.05) is 69.1 Å². The van der Waals surface area contributed by atoms with Crippen molar-refractivity contribution in [1.29, 1.82) is 0 Å². The first kappa shape index (κ1) is 66.5. The Morgan fingerprint density at radius 1 is 0.143 bits per heavy atom. The van der Waals surface area contributed by atoms with Crippen LogP contribution in [0.2, 0.25) is 0 Å². The first-order chi connectivity index (χ1) is 55.5. The summed E-state index contributed by atoms with van der Waals surface area (Å²) in [6.45, 7) is 0. The van der Waals surface area contributed by atoms with E-state index < -0.39 is 0 Å². The molecular formula is C106H68N6.